The second-order valence-corrected chi connectivity index (χ2v) is 6.00. The standard InChI is InChI=1S/C22H20F3NO.CH5N/c1-17(2)19(10-9-18-7-5-4-6-8-18)15-16-26(3)20-11-13-21(14-12-20)27-22(23,24)25;1-2/h4-8,11-16H,1-3H3;2H2,1H3/b16-15-;. The molecule has 2 rings (SSSR count). The van der Waals surface area contributed by atoms with Gasteiger partial charge in [0.15, 0.2) is 0 Å². The van der Waals surface area contributed by atoms with Gasteiger partial charge >= 0.3 is 6.36 Å². The second-order valence-electron chi connectivity index (χ2n) is 6.00. The van der Waals surface area contributed by atoms with Crippen molar-refractivity contribution in [3.8, 4) is 17.6 Å². The second kappa shape index (κ2) is 11.6. The summed E-state index contributed by atoms with van der Waals surface area (Å²) >= 11 is 0. The Hall–Kier alpha value is -3.17. The van der Waals surface area contributed by atoms with Gasteiger partial charge in [0.2, 0.25) is 0 Å². The average molecular weight is 402 g/mol. The van der Waals surface area contributed by atoms with Crippen LogP contribution < -0.4 is 15.4 Å². The molecule has 0 saturated carbocycles. The molecular formula is C23H25F3N2O. The van der Waals surface area contributed by atoms with Crippen LogP contribution in [0.4, 0.5) is 18.9 Å². The molecule has 2 aromatic carbocycles. The van der Waals surface area contributed by atoms with Crippen molar-refractivity contribution in [3.63, 3.8) is 0 Å². The van der Waals surface area contributed by atoms with Crippen LogP contribution in [-0.2, 0) is 0 Å². The first-order chi connectivity index (χ1) is 13.7. The van der Waals surface area contributed by atoms with E-state index in [0.717, 1.165) is 22.4 Å². The van der Waals surface area contributed by atoms with Crippen LogP contribution in [0, 0.1) is 11.8 Å². The molecule has 0 aliphatic heterocycles. The lowest BCUT2D eigenvalue weighted by Gasteiger charge is -2.15. The van der Waals surface area contributed by atoms with E-state index in [1.807, 2.05) is 63.5 Å². The number of hydrogen-bond acceptors (Lipinski definition) is 3. The summed E-state index contributed by atoms with van der Waals surface area (Å²) in [7, 11) is 3.31. The fourth-order valence-electron chi connectivity index (χ4n) is 2.15. The Labute approximate surface area is 170 Å². The minimum absolute atomic E-state index is 0.248. The van der Waals surface area contributed by atoms with Crippen molar-refractivity contribution in [2.24, 2.45) is 5.73 Å². The van der Waals surface area contributed by atoms with Crippen molar-refractivity contribution in [2.45, 2.75) is 20.2 Å². The quantitative estimate of drug-likeness (QED) is 0.542. The molecule has 0 fully saturated rings. The number of ether oxygens (including phenoxy) is 1. The van der Waals surface area contributed by atoms with Crippen molar-refractivity contribution in [1.82, 2.24) is 0 Å². The zero-order valence-electron chi connectivity index (χ0n) is 16.9. The Kier molecular flexibility index (Phi) is 9.57. The van der Waals surface area contributed by atoms with E-state index >= 15 is 0 Å². The lowest BCUT2D eigenvalue weighted by molar-refractivity contribution is -0.274. The van der Waals surface area contributed by atoms with Gasteiger partial charge in [-0.05, 0) is 63.4 Å². The Balaban J connectivity index is 0.00000204. The minimum Gasteiger partial charge on any atom is -0.406 e. The Morgan fingerprint density at radius 1 is 1.00 bits per heavy atom. The van der Waals surface area contributed by atoms with Crippen LogP contribution in [-0.4, -0.2) is 20.5 Å². The van der Waals surface area contributed by atoms with Crippen LogP contribution in [0.25, 0.3) is 0 Å². The molecule has 154 valence electrons. The first kappa shape index (κ1) is 23.9. The Morgan fingerprint density at radius 2 is 1.59 bits per heavy atom. The topological polar surface area (TPSA) is 38.5 Å². The maximum atomic E-state index is 12.2. The summed E-state index contributed by atoms with van der Waals surface area (Å²) in [6.07, 6.45) is -0.990. The van der Waals surface area contributed by atoms with E-state index < -0.39 is 6.36 Å². The fourth-order valence-corrected chi connectivity index (χ4v) is 2.15. The largest absolute Gasteiger partial charge is 0.573 e. The van der Waals surface area contributed by atoms with Crippen LogP contribution in [0.1, 0.15) is 19.4 Å². The molecule has 2 N–H and O–H groups in total. The molecular weight excluding hydrogens is 377 g/mol. The predicted octanol–water partition coefficient (Wildman–Crippen LogP) is 5.50. The molecule has 3 nitrogen and oxygen atoms in total. The van der Waals surface area contributed by atoms with Gasteiger partial charge in [-0.1, -0.05) is 35.6 Å². The van der Waals surface area contributed by atoms with Gasteiger partial charge in [-0.3, -0.25) is 0 Å². The SMILES string of the molecule is CC(C)=C(C#Cc1ccccc1)/C=C\N(C)c1ccc(OC(F)(F)F)cc1.CN. The first-order valence-corrected chi connectivity index (χ1v) is 8.84. The van der Waals surface area contributed by atoms with Crippen molar-refractivity contribution in [2.75, 3.05) is 19.0 Å². The highest BCUT2D eigenvalue weighted by atomic mass is 19.4. The molecule has 0 bridgehead atoms. The van der Waals surface area contributed by atoms with E-state index in [-0.39, 0.29) is 5.75 Å². The summed E-state index contributed by atoms with van der Waals surface area (Å²) < 4.78 is 40.5. The minimum atomic E-state index is -4.69. The third kappa shape index (κ3) is 9.04. The van der Waals surface area contributed by atoms with E-state index in [0.29, 0.717) is 0 Å². The third-order valence-corrected chi connectivity index (χ3v) is 3.60. The Morgan fingerprint density at radius 3 is 2.10 bits per heavy atom. The molecule has 0 spiro atoms. The van der Waals surface area contributed by atoms with Gasteiger partial charge in [-0.25, -0.2) is 0 Å². The molecule has 0 aromatic heterocycles. The van der Waals surface area contributed by atoms with Crippen LogP contribution >= 0.6 is 0 Å². The van der Waals surface area contributed by atoms with E-state index in [9.17, 15) is 13.2 Å². The monoisotopic (exact) mass is 402 g/mol. The van der Waals surface area contributed by atoms with Crippen molar-refractivity contribution in [3.05, 3.63) is 83.6 Å². The predicted molar refractivity (Wildman–Crippen MR) is 112 cm³/mol. The normalized spacial score (nSPS) is 10.3. The van der Waals surface area contributed by atoms with Crippen molar-refractivity contribution >= 4 is 5.69 Å². The molecule has 0 unspecified atom stereocenters. The van der Waals surface area contributed by atoms with Crippen molar-refractivity contribution in [1.29, 1.82) is 0 Å². The highest BCUT2D eigenvalue weighted by Crippen LogP contribution is 2.25. The van der Waals surface area contributed by atoms with Gasteiger partial charge in [0.25, 0.3) is 0 Å². The number of anilines is 1. The lowest BCUT2D eigenvalue weighted by atomic mass is 10.1. The summed E-state index contributed by atoms with van der Waals surface area (Å²) in [5.41, 5.74) is 8.10. The summed E-state index contributed by atoms with van der Waals surface area (Å²) in [6.45, 7) is 3.95. The summed E-state index contributed by atoms with van der Waals surface area (Å²) in [5, 5.41) is 0. The van der Waals surface area contributed by atoms with Crippen LogP contribution in [0.2, 0.25) is 0 Å². The molecule has 0 heterocycles. The number of nitrogens with zero attached hydrogens (tertiary/aromatic N) is 1. The smallest absolute Gasteiger partial charge is 0.406 e. The maximum absolute atomic E-state index is 12.2. The lowest BCUT2D eigenvalue weighted by Crippen LogP contribution is -2.17. The number of allylic oxidation sites excluding steroid dienone is 3. The van der Waals surface area contributed by atoms with Gasteiger partial charge in [0, 0.05) is 30.1 Å². The highest BCUT2D eigenvalue weighted by Gasteiger charge is 2.30. The number of alkyl halides is 3. The Bertz CT molecular complexity index is 870. The number of nitrogens with two attached hydrogens (primary N) is 1. The third-order valence-electron chi connectivity index (χ3n) is 3.60. The molecule has 6 heteroatoms. The number of benzene rings is 2. The number of hydrogen-bond donors (Lipinski definition) is 1. The zero-order valence-corrected chi connectivity index (χ0v) is 16.9. The van der Waals surface area contributed by atoms with E-state index in [1.54, 1.807) is 17.0 Å². The number of halogens is 3. The zero-order chi connectivity index (χ0) is 21.9. The first-order valence-electron chi connectivity index (χ1n) is 8.84. The van der Waals surface area contributed by atoms with Gasteiger partial charge in [0.05, 0.1) is 0 Å². The van der Waals surface area contributed by atoms with Crippen LogP contribution in [0.15, 0.2) is 78.0 Å². The molecule has 0 saturated heterocycles. The van der Waals surface area contributed by atoms with Gasteiger partial charge < -0.3 is 15.4 Å². The van der Waals surface area contributed by atoms with E-state index in [1.165, 1.54) is 19.2 Å². The van der Waals surface area contributed by atoms with Crippen molar-refractivity contribution < 1.29 is 17.9 Å². The van der Waals surface area contributed by atoms with Gasteiger partial charge in [0.1, 0.15) is 5.75 Å². The number of rotatable bonds is 4. The highest BCUT2D eigenvalue weighted by molar-refractivity contribution is 5.53. The van der Waals surface area contributed by atoms with Crippen LogP contribution in [0.3, 0.4) is 0 Å². The van der Waals surface area contributed by atoms with Crippen LogP contribution in [0.5, 0.6) is 5.75 Å². The van der Waals surface area contributed by atoms with E-state index in [2.05, 4.69) is 22.3 Å². The van der Waals surface area contributed by atoms with Gasteiger partial charge in [-0.2, -0.15) is 0 Å². The molecule has 0 aliphatic rings. The fraction of sp³-hybridized carbons (Fsp3) is 0.217. The van der Waals surface area contributed by atoms with Gasteiger partial charge in [-0.15, -0.1) is 13.2 Å². The molecule has 29 heavy (non-hydrogen) atoms. The summed E-state index contributed by atoms with van der Waals surface area (Å²) in [6, 6.07) is 15.4. The summed E-state index contributed by atoms with van der Waals surface area (Å²) in [5.74, 6) is 6.02. The molecule has 2 aromatic rings. The van der Waals surface area contributed by atoms with E-state index in [4.69, 9.17) is 0 Å². The molecule has 0 amide bonds. The molecule has 0 radical (unpaired) electrons. The average Bonchev–Trinajstić information content (AvgIpc) is 2.69. The molecule has 0 aliphatic carbocycles. The maximum Gasteiger partial charge on any atom is 0.573 e. The molecule has 0 atom stereocenters. The summed E-state index contributed by atoms with van der Waals surface area (Å²) in [4.78, 5) is 1.80.